The van der Waals surface area contributed by atoms with E-state index < -0.39 is 0 Å². The summed E-state index contributed by atoms with van der Waals surface area (Å²) in [5.41, 5.74) is 0. The molecule has 0 aromatic carbocycles. The monoisotopic (exact) mass is 410 g/mol. The van der Waals surface area contributed by atoms with Gasteiger partial charge in [-0.15, -0.1) is 24.0 Å². The van der Waals surface area contributed by atoms with Gasteiger partial charge in [0.1, 0.15) is 0 Å². The number of nitrogens with one attached hydrogen (secondary N) is 2. The molecule has 21 heavy (non-hydrogen) atoms. The first-order valence-electron chi connectivity index (χ1n) is 8.07. The molecule has 0 bridgehead atoms. The van der Waals surface area contributed by atoms with Crippen molar-refractivity contribution in [2.45, 2.75) is 45.7 Å². The number of rotatable bonds is 6. The topological polar surface area (TPSA) is 48.9 Å². The lowest BCUT2D eigenvalue weighted by Gasteiger charge is -2.36. The summed E-state index contributed by atoms with van der Waals surface area (Å²) in [7, 11) is 0. The van der Waals surface area contributed by atoms with E-state index in [0.29, 0.717) is 18.0 Å². The molecule has 0 radical (unpaired) electrons. The molecule has 0 amide bonds. The number of guanidine groups is 1. The average Bonchev–Trinajstić information content (AvgIpc) is 3.24. The minimum atomic E-state index is 0. The van der Waals surface area contributed by atoms with Gasteiger partial charge in [0.25, 0.3) is 0 Å². The van der Waals surface area contributed by atoms with E-state index in [1.807, 2.05) is 0 Å². The van der Waals surface area contributed by atoms with E-state index in [4.69, 9.17) is 9.73 Å². The van der Waals surface area contributed by atoms with Gasteiger partial charge in [-0.25, -0.2) is 0 Å². The molecule has 2 fully saturated rings. The first-order chi connectivity index (χ1) is 9.70. The maximum atomic E-state index is 5.45. The molecule has 1 heterocycles. The van der Waals surface area contributed by atoms with E-state index >= 15 is 0 Å². The van der Waals surface area contributed by atoms with Gasteiger partial charge in [0.15, 0.2) is 5.96 Å². The van der Waals surface area contributed by atoms with Crippen LogP contribution in [-0.4, -0.2) is 62.3 Å². The van der Waals surface area contributed by atoms with Crippen LogP contribution in [0, 0.1) is 5.92 Å². The van der Waals surface area contributed by atoms with Crippen molar-refractivity contribution in [2.24, 2.45) is 10.9 Å². The quantitative estimate of drug-likeness (QED) is 0.398. The van der Waals surface area contributed by atoms with Gasteiger partial charge in [0.2, 0.25) is 0 Å². The molecule has 1 aliphatic heterocycles. The van der Waals surface area contributed by atoms with Crippen LogP contribution >= 0.6 is 24.0 Å². The van der Waals surface area contributed by atoms with Crippen LogP contribution in [0.5, 0.6) is 0 Å². The summed E-state index contributed by atoms with van der Waals surface area (Å²) < 4.78 is 5.45. The Balaban J connectivity index is 0.00000220. The third-order valence-corrected chi connectivity index (χ3v) is 3.98. The molecular formula is C15H31IN4O. The zero-order valence-corrected chi connectivity index (χ0v) is 15.9. The predicted molar refractivity (Wildman–Crippen MR) is 98.6 cm³/mol. The molecule has 2 aliphatic rings. The van der Waals surface area contributed by atoms with Crippen LogP contribution in [0.2, 0.25) is 0 Å². The van der Waals surface area contributed by atoms with Crippen LogP contribution in [-0.2, 0) is 4.74 Å². The van der Waals surface area contributed by atoms with Gasteiger partial charge in [-0.3, -0.25) is 9.89 Å². The van der Waals surface area contributed by atoms with E-state index in [-0.39, 0.29) is 24.0 Å². The van der Waals surface area contributed by atoms with E-state index in [0.717, 1.165) is 45.4 Å². The average molecular weight is 410 g/mol. The van der Waals surface area contributed by atoms with Crippen molar-refractivity contribution in [2.75, 3.05) is 39.4 Å². The zero-order valence-electron chi connectivity index (χ0n) is 13.6. The highest BCUT2D eigenvalue weighted by atomic mass is 127. The Hall–Kier alpha value is -0.0800. The lowest BCUT2D eigenvalue weighted by atomic mass is 10.0. The summed E-state index contributed by atoms with van der Waals surface area (Å²) in [6, 6.07) is 1.15. The molecule has 1 unspecified atom stereocenters. The first-order valence-corrected chi connectivity index (χ1v) is 8.07. The van der Waals surface area contributed by atoms with Gasteiger partial charge in [-0.1, -0.05) is 13.8 Å². The molecular weight excluding hydrogens is 379 g/mol. The molecule has 0 aromatic rings. The minimum Gasteiger partial charge on any atom is -0.379 e. The fraction of sp³-hybridized carbons (Fsp3) is 0.933. The second kappa shape index (κ2) is 9.84. The number of halogens is 1. The van der Waals surface area contributed by atoms with E-state index in [1.165, 1.54) is 12.8 Å². The Bertz CT molecular complexity index is 315. The minimum absolute atomic E-state index is 0. The molecule has 1 saturated heterocycles. The number of nitrogens with zero attached hydrogens (tertiary/aromatic N) is 2. The fourth-order valence-electron chi connectivity index (χ4n) is 2.58. The van der Waals surface area contributed by atoms with Gasteiger partial charge in [-0.2, -0.15) is 0 Å². The number of hydrogen-bond acceptors (Lipinski definition) is 3. The van der Waals surface area contributed by atoms with Crippen LogP contribution in [0.1, 0.15) is 33.6 Å². The Kier molecular flexibility index (Phi) is 8.89. The summed E-state index contributed by atoms with van der Waals surface area (Å²) in [6.45, 7) is 12.2. The van der Waals surface area contributed by atoms with Crippen molar-refractivity contribution < 1.29 is 4.74 Å². The lowest BCUT2D eigenvalue weighted by Crippen LogP contribution is -2.48. The molecule has 124 valence electrons. The number of aliphatic imine (C=N–C) groups is 1. The Morgan fingerprint density at radius 1 is 1.29 bits per heavy atom. The molecule has 0 aromatic heterocycles. The third-order valence-electron chi connectivity index (χ3n) is 3.98. The van der Waals surface area contributed by atoms with Crippen molar-refractivity contribution in [1.82, 2.24) is 15.5 Å². The molecule has 5 nitrogen and oxygen atoms in total. The largest absolute Gasteiger partial charge is 0.379 e. The standard InChI is InChI=1S/C15H30N4O.HI/c1-4-16-15(18-13-5-6-13)17-11-14(12(2)3)19-7-9-20-10-8-19;/h12-14H,4-11H2,1-3H3,(H2,16,17,18);1H. The normalized spacial score (nSPS) is 21.8. The summed E-state index contributed by atoms with van der Waals surface area (Å²) in [4.78, 5) is 7.33. The van der Waals surface area contributed by atoms with Gasteiger partial charge in [-0.05, 0) is 25.7 Å². The molecule has 2 N–H and O–H groups in total. The van der Waals surface area contributed by atoms with Crippen LogP contribution < -0.4 is 10.6 Å². The summed E-state index contributed by atoms with van der Waals surface area (Å²) in [6.07, 6.45) is 2.56. The second-order valence-electron chi connectivity index (χ2n) is 6.10. The second-order valence-corrected chi connectivity index (χ2v) is 6.10. The fourth-order valence-corrected chi connectivity index (χ4v) is 2.58. The number of morpholine rings is 1. The smallest absolute Gasteiger partial charge is 0.191 e. The first kappa shape index (κ1) is 19.0. The number of ether oxygens (including phenoxy) is 1. The van der Waals surface area contributed by atoms with Crippen LogP contribution in [0.15, 0.2) is 4.99 Å². The summed E-state index contributed by atoms with van der Waals surface area (Å²) in [5, 5.41) is 6.83. The number of hydrogen-bond donors (Lipinski definition) is 2. The Morgan fingerprint density at radius 2 is 1.95 bits per heavy atom. The molecule has 2 rings (SSSR count). The van der Waals surface area contributed by atoms with Crippen molar-refractivity contribution in [3.8, 4) is 0 Å². The van der Waals surface area contributed by atoms with E-state index in [9.17, 15) is 0 Å². The van der Waals surface area contributed by atoms with Gasteiger partial charge in [0, 0.05) is 31.7 Å². The zero-order chi connectivity index (χ0) is 14.4. The Labute approximate surface area is 146 Å². The van der Waals surface area contributed by atoms with E-state index in [1.54, 1.807) is 0 Å². The highest BCUT2D eigenvalue weighted by Gasteiger charge is 2.25. The maximum Gasteiger partial charge on any atom is 0.191 e. The van der Waals surface area contributed by atoms with Gasteiger partial charge in [0.05, 0.1) is 19.8 Å². The van der Waals surface area contributed by atoms with Crippen LogP contribution in [0.4, 0.5) is 0 Å². The van der Waals surface area contributed by atoms with Crippen LogP contribution in [0.25, 0.3) is 0 Å². The van der Waals surface area contributed by atoms with Crippen molar-refractivity contribution in [1.29, 1.82) is 0 Å². The van der Waals surface area contributed by atoms with Crippen molar-refractivity contribution >= 4 is 29.9 Å². The molecule has 0 spiro atoms. The third kappa shape index (κ3) is 6.69. The summed E-state index contributed by atoms with van der Waals surface area (Å²) >= 11 is 0. The highest BCUT2D eigenvalue weighted by molar-refractivity contribution is 14.0. The van der Waals surface area contributed by atoms with Gasteiger partial charge >= 0.3 is 0 Å². The van der Waals surface area contributed by atoms with Crippen molar-refractivity contribution in [3.63, 3.8) is 0 Å². The SMILES string of the molecule is CCNC(=NCC(C(C)C)N1CCOCC1)NC1CC1.I. The predicted octanol–water partition coefficient (Wildman–Crippen LogP) is 1.68. The molecule has 1 aliphatic carbocycles. The summed E-state index contributed by atoms with van der Waals surface area (Å²) in [5.74, 6) is 1.59. The maximum absolute atomic E-state index is 5.45. The van der Waals surface area contributed by atoms with Gasteiger partial charge < -0.3 is 15.4 Å². The van der Waals surface area contributed by atoms with Crippen LogP contribution in [0.3, 0.4) is 0 Å². The molecule has 1 saturated carbocycles. The van der Waals surface area contributed by atoms with E-state index in [2.05, 4.69) is 36.3 Å². The highest BCUT2D eigenvalue weighted by Crippen LogP contribution is 2.18. The molecule has 1 atom stereocenters. The lowest BCUT2D eigenvalue weighted by molar-refractivity contribution is 0.00867. The molecule has 6 heteroatoms. The van der Waals surface area contributed by atoms with Crippen molar-refractivity contribution in [3.05, 3.63) is 0 Å². The Morgan fingerprint density at radius 3 is 2.48 bits per heavy atom.